The first-order valence-corrected chi connectivity index (χ1v) is 4.62. The summed E-state index contributed by atoms with van der Waals surface area (Å²) >= 11 is 0. The molecule has 1 aromatic rings. The van der Waals surface area contributed by atoms with E-state index < -0.39 is 6.43 Å². The third-order valence-electron chi connectivity index (χ3n) is 2.09. The Hall–Kier alpha value is -1.23. The third kappa shape index (κ3) is 3.43. The van der Waals surface area contributed by atoms with Crippen molar-refractivity contribution in [1.29, 1.82) is 0 Å². The molecule has 0 saturated carbocycles. The summed E-state index contributed by atoms with van der Waals surface area (Å²) in [6, 6.07) is 3.43. The Balaban J connectivity index is 2.53. The molecule has 15 heavy (non-hydrogen) atoms. The molecular formula is C10H14F2N2O. The molecule has 0 aromatic carbocycles. The number of carbonyl (C=O) groups excluding carboxylic acids is 1. The predicted molar refractivity (Wildman–Crippen MR) is 53.2 cm³/mol. The molecule has 0 bridgehead atoms. The average molecular weight is 216 g/mol. The van der Waals surface area contributed by atoms with E-state index in [1.54, 1.807) is 29.9 Å². The summed E-state index contributed by atoms with van der Waals surface area (Å²) in [5.41, 5.74) is 0.538. The molecule has 0 radical (unpaired) electrons. The van der Waals surface area contributed by atoms with Crippen molar-refractivity contribution in [2.75, 3.05) is 20.1 Å². The zero-order valence-corrected chi connectivity index (χ0v) is 8.78. The van der Waals surface area contributed by atoms with Crippen molar-refractivity contribution in [3.8, 4) is 0 Å². The number of carbonyl (C=O) groups is 1. The summed E-state index contributed by atoms with van der Waals surface area (Å²) in [4.78, 5) is 12.9. The van der Waals surface area contributed by atoms with Crippen LogP contribution in [0.3, 0.4) is 0 Å². The van der Waals surface area contributed by atoms with Crippen LogP contribution < -0.4 is 0 Å². The van der Waals surface area contributed by atoms with E-state index in [4.69, 9.17) is 0 Å². The molecule has 0 aliphatic rings. The molecule has 0 atom stereocenters. The van der Waals surface area contributed by atoms with E-state index in [9.17, 15) is 13.6 Å². The second-order valence-electron chi connectivity index (χ2n) is 3.52. The van der Waals surface area contributed by atoms with E-state index in [1.807, 2.05) is 0 Å². The molecule has 1 rings (SSSR count). The largest absolute Gasteiger partial charge is 0.348 e. The van der Waals surface area contributed by atoms with Crippen molar-refractivity contribution >= 4 is 5.78 Å². The van der Waals surface area contributed by atoms with Crippen LogP contribution in [0.25, 0.3) is 0 Å². The molecule has 0 fully saturated rings. The minimum Gasteiger partial charge on any atom is -0.348 e. The fourth-order valence-corrected chi connectivity index (χ4v) is 1.38. The summed E-state index contributed by atoms with van der Waals surface area (Å²) in [6.07, 6.45) is -0.656. The van der Waals surface area contributed by atoms with Gasteiger partial charge in [-0.2, -0.15) is 0 Å². The van der Waals surface area contributed by atoms with Crippen LogP contribution in [-0.2, 0) is 7.05 Å². The number of rotatable bonds is 5. The first-order chi connectivity index (χ1) is 7.00. The smallest absolute Gasteiger partial charge is 0.251 e. The number of aryl methyl sites for hydroxylation is 1. The monoisotopic (exact) mass is 216 g/mol. The summed E-state index contributed by atoms with van der Waals surface area (Å²) in [6.45, 7) is -0.363. The van der Waals surface area contributed by atoms with Crippen LogP contribution in [0.1, 0.15) is 10.5 Å². The van der Waals surface area contributed by atoms with Crippen LogP contribution >= 0.6 is 0 Å². The number of aromatic nitrogens is 1. The summed E-state index contributed by atoms with van der Waals surface area (Å²) in [5, 5.41) is 0. The summed E-state index contributed by atoms with van der Waals surface area (Å²) in [5.74, 6) is -0.148. The van der Waals surface area contributed by atoms with Gasteiger partial charge in [0.05, 0.1) is 18.8 Å². The molecular weight excluding hydrogens is 202 g/mol. The van der Waals surface area contributed by atoms with Gasteiger partial charge in [-0.15, -0.1) is 0 Å². The number of hydrogen-bond acceptors (Lipinski definition) is 2. The van der Waals surface area contributed by atoms with Crippen LogP contribution in [0, 0.1) is 0 Å². The van der Waals surface area contributed by atoms with E-state index >= 15 is 0 Å². The van der Waals surface area contributed by atoms with Crippen molar-refractivity contribution < 1.29 is 13.6 Å². The molecule has 0 saturated heterocycles. The Morgan fingerprint density at radius 2 is 2.27 bits per heavy atom. The maximum atomic E-state index is 12.0. The second kappa shape index (κ2) is 5.02. The van der Waals surface area contributed by atoms with Gasteiger partial charge in [-0.3, -0.25) is 9.69 Å². The molecule has 0 unspecified atom stereocenters. The van der Waals surface area contributed by atoms with E-state index in [2.05, 4.69) is 0 Å². The number of hydrogen-bond donors (Lipinski definition) is 0. The van der Waals surface area contributed by atoms with Gasteiger partial charge in [0.25, 0.3) is 6.43 Å². The number of alkyl halides is 2. The molecule has 0 aliphatic heterocycles. The Morgan fingerprint density at radius 1 is 1.60 bits per heavy atom. The summed E-state index contributed by atoms with van der Waals surface area (Å²) in [7, 11) is 3.26. The van der Waals surface area contributed by atoms with Gasteiger partial charge in [0.2, 0.25) is 0 Å². The van der Waals surface area contributed by atoms with E-state index in [-0.39, 0.29) is 18.9 Å². The maximum absolute atomic E-state index is 12.0. The number of ketones is 1. The highest BCUT2D eigenvalue weighted by atomic mass is 19.3. The Bertz CT molecular complexity index is 336. The molecule has 0 N–H and O–H groups in total. The first kappa shape index (κ1) is 11.8. The average Bonchev–Trinajstić information content (AvgIpc) is 2.49. The third-order valence-corrected chi connectivity index (χ3v) is 2.09. The predicted octanol–water partition coefficient (Wildman–Crippen LogP) is 1.40. The van der Waals surface area contributed by atoms with Crippen LogP contribution in [0.5, 0.6) is 0 Å². The number of nitrogens with zero attached hydrogens (tertiary/aromatic N) is 2. The molecule has 3 nitrogen and oxygen atoms in total. The van der Waals surface area contributed by atoms with Gasteiger partial charge in [0.1, 0.15) is 0 Å². The van der Waals surface area contributed by atoms with Crippen LogP contribution in [-0.4, -0.2) is 41.8 Å². The van der Waals surface area contributed by atoms with Crippen molar-refractivity contribution in [2.24, 2.45) is 7.05 Å². The maximum Gasteiger partial charge on any atom is 0.251 e. The van der Waals surface area contributed by atoms with Gasteiger partial charge >= 0.3 is 0 Å². The fourth-order valence-electron chi connectivity index (χ4n) is 1.38. The van der Waals surface area contributed by atoms with E-state index in [0.29, 0.717) is 5.69 Å². The van der Waals surface area contributed by atoms with Gasteiger partial charge in [0, 0.05) is 13.2 Å². The van der Waals surface area contributed by atoms with Crippen molar-refractivity contribution in [1.82, 2.24) is 9.47 Å². The lowest BCUT2D eigenvalue weighted by Gasteiger charge is -2.14. The van der Waals surface area contributed by atoms with Crippen LogP contribution in [0.4, 0.5) is 8.78 Å². The number of halogens is 2. The van der Waals surface area contributed by atoms with Gasteiger partial charge in [-0.25, -0.2) is 8.78 Å². The van der Waals surface area contributed by atoms with Crippen LogP contribution in [0.2, 0.25) is 0 Å². The normalized spacial score (nSPS) is 11.3. The lowest BCUT2D eigenvalue weighted by molar-refractivity contribution is 0.0814. The highest BCUT2D eigenvalue weighted by Gasteiger charge is 2.14. The highest BCUT2D eigenvalue weighted by Crippen LogP contribution is 2.03. The lowest BCUT2D eigenvalue weighted by Crippen LogP contribution is -2.31. The van der Waals surface area contributed by atoms with E-state index in [1.165, 1.54) is 11.9 Å². The van der Waals surface area contributed by atoms with Crippen molar-refractivity contribution in [3.05, 3.63) is 24.0 Å². The molecule has 0 amide bonds. The van der Waals surface area contributed by atoms with Gasteiger partial charge in [-0.05, 0) is 19.2 Å². The number of likely N-dealkylation sites (N-methyl/N-ethyl adjacent to an activating group) is 1. The summed E-state index contributed by atoms with van der Waals surface area (Å²) < 4.78 is 25.7. The minimum atomic E-state index is -2.41. The first-order valence-electron chi connectivity index (χ1n) is 4.62. The Labute approximate surface area is 87.3 Å². The van der Waals surface area contributed by atoms with Gasteiger partial charge in [0.15, 0.2) is 5.78 Å². The lowest BCUT2D eigenvalue weighted by atomic mass is 10.2. The minimum absolute atomic E-state index is 0.0161. The number of Topliss-reactive ketones (excluding diaryl/α,β-unsaturated/α-hetero) is 1. The Kier molecular flexibility index (Phi) is 3.96. The Morgan fingerprint density at radius 3 is 2.73 bits per heavy atom. The fraction of sp³-hybridized carbons (Fsp3) is 0.500. The SMILES string of the molecule is CN(CC(=O)c1cccn1C)CC(F)F. The molecule has 84 valence electrons. The second-order valence-corrected chi connectivity index (χ2v) is 3.52. The zero-order chi connectivity index (χ0) is 11.4. The van der Waals surface area contributed by atoms with E-state index in [0.717, 1.165) is 0 Å². The standard InChI is InChI=1S/C10H14F2N2O/c1-13(7-10(11)12)6-9(15)8-4-3-5-14(8)2/h3-5,10H,6-7H2,1-2H3. The molecule has 0 spiro atoms. The zero-order valence-electron chi connectivity index (χ0n) is 8.78. The van der Waals surface area contributed by atoms with Gasteiger partial charge in [-0.1, -0.05) is 0 Å². The van der Waals surface area contributed by atoms with Gasteiger partial charge < -0.3 is 4.57 Å². The highest BCUT2D eigenvalue weighted by molar-refractivity contribution is 5.96. The topological polar surface area (TPSA) is 25.2 Å². The van der Waals surface area contributed by atoms with Crippen molar-refractivity contribution in [3.63, 3.8) is 0 Å². The van der Waals surface area contributed by atoms with Crippen LogP contribution in [0.15, 0.2) is 18.3 Å². The molecule has 5 heteroatoms. The van der Waals surface area contributed by atoms with Crippen molar-refractivity contribution in [2.45, 2.75) is 6.43 Å². The molecule has 0 aliphatic carbocycles. The quantitative estimate of drug-likeness (QED) is 0.695. The molecule has 1 aromatic heterocycles. The molecule has 1 heterocycles.